The van der Waals surface area contributed by atoms with Gasteiger partial charge in [0.25, 0.3) is 5.91 Å². The van der Waals surface area contributed by atoms with Crippen LogP contribution >= 0.6 is 0 Å². The number of nitrogens with one attached hydrogen (secondary N) is 1. The third-order valence-corrected chi connectivity index (χ3v) is 4.76. The first-order chi connectivity index (χ1) is 12.0. The van der Waals surface area contributed by atoms with Crippen LogP contribution < -0.4 is 5.32 Å². The van der Waals surface area contributed by atoms with Gasteiger partial charge in [0.2, 0.25) is 0 Å². The molecule has 1 saturated carbocycles. The van der Waals surface area contributed by atoms with Gasteiger partial charge in [0.1, 0.15) is 6.10 Å². The second kappa shape index (κ2) is 9.56. The van der Waals surface area contributed by atoms with E-state index >= 15 is 0 Å². The van der Waals surface area contributed by atoms with Crippen LogP contribution in [0.15, 0.2) is 24.3 Å². The fourth-order valence-corrected chi connectivity index (χ4v) is 3.31. The predicted octanol–water partition coefficient (Wildman–Crippen LogP) is 4.02. The maximum absolute atomic E-state index is 12.5. The second-order valence-corrected chi connectivity index (χ2v) is 7.01. The molecule has 1 fully saturated rings. The molecule has 0 radical (unpaired) electrons. The number of hydrogen-bond donors (Lipinski definition) is 2. The molecule has 0 saturated heterocycles. The van der Waals surface area contributed by atoms with Gasteiger partial charge in [0, 0.05) is 12.1 Å². The van der Waals surface area contributed by atoms with E-state index in [0.717, 1.165) is 18.4 Å². The lowest BCUT2D eigenvalue weighted by atomic mass is 9.88. The molecule has 1 amide bonds. The molecule has 0 aliphatic heterocycles. The summed E-state index contributed by atoms with van der Waals surface area (Å²) in [5, 5.41) is 11.6. The average Bonchev–Trinajstić information content (AvgIpc) is 2.59. The average molecular weight is 347 g/mol. The molecule has 0 aromatic heterocycles. The summed E-state index contributed by atoms with van der Waals surface area (Å²) < 4.78 is 6.06. The minimum absolute atomic E-state index is 0.108. The fourth-order valence-electron chi connectivity index (χ4n) is 3.31. The van der Waals surface area contributed by atoms with Crippen LogP contribution in [0.3, 0.4) is 0 Å². The van der Waals surface area contributed by atoms with Crippen molar-refractivity contribution in [3.8, 4) is 0 Å². The summed E-state index contributed by atoms with van der Waals surface area (Å²) in [6, 6.07) is 7.32. The molecular formula is C20H29NO4. The van der Waals surface area contributed by atoms with Crippen molar-refractivity contribution in [2.75, 3.05) is 5.32 Å². The van der Waals surface area contributed by atoms with Crippen molar-refractivity contribution >= 4 is 17.6 Å². The molecule has 1 aromatic carbocycles. The molecule has 1 aliphatic carbocycles. The Kier molecular flexibility index (Phi) is 7.44. The maximum Gasteiger partial charge on any atom is 0.303 e. The van der Waals surface area contributed by atoms with Gasteiger partial charge in [-0.05, 0) is 49.3 Å². The first kappa shape index (κ1) is 19.4. The number of benzene rings is 1. The van der Waals surface area contributed by atoms with Gasteiger partial charge in [-0.3, -0.25) is 9.59 Å². The first-order valence-corrected chi connectivity index (χ1v) is 9.25. The summed E-state index contributed by atoms with van der Waals surface area (Å²) in [7, 11) is 0. The van der Waals surface area contributed by atoms with Gasteiger partial charge in [-0.25, -0.2) is 0 Å². The summed E-state index contributed by atoms with van der Waals surface area (Å²) in [5.74, 6) is -0.256. The zero-order valence-corrected chi connectivity index (χ0v) is 15.2. The van der Waals surface area contributed by atoms with Crippen LogP contribution in [0.2, 0.25) is 0 Å². The van der Waals surface area contributed by atoms with Gasteiger partial charge in [-0.2, -0.15) is 0 Å². The minimum atomic E-state index is -0.808. The Morgan fingerprint density at radius 2 is 2.00 bits per heavy atom. The smallest absolute Gasteiger partial charge is 0.303 e. The van der Waals surface area contributed by atoms with Crippen molar-refractivity contribution < 1.29 is 19.4 Å². The van der Waals surface area contributed by atoms with Crippen molar-refractivity contribution in [1.82, 2.24) is 0 Å². The van der Waals surface area contributed by atoms with Gasteiger partial charge in [-0.1, -0.05) is 38.8 Å². The van der Waals surface area contributed by atoms with E-state index in [2.05, 4.69) is 12.2 Å². The maximum atomic E-state index is 12.5. The molecule has 5 heteroatoms. The highest BCUT2D eigenvalue weighted by Crippen LogP contribution is 2.27. The Bertz CT molecular complexity index is 570. The summed E-state index contributed by atoms with van der Waals surface area (Å²) in [4.78, 5) is 23.1. The number of carbonyl (C=O) groups is 2. The third kappa shape index (κ3) is 6.50. The molecular weight excluding hydrogens is 318 g/mol. The number of carboxylic acids is 1. The fraction of sp³-hybridized carbons (Fsp3) is 0.600. The Balaban J connectivity index is 1.86. The molecule has 138 valence electrons. The van der Waals surface area contributed by atoms with E-state index in [9.17, 15) is 9.59 Å². The van der Waals surface area contributed by atoms with Crippen LogP contribution in [-0.4, -0.2) is 29.2 Å². The normalized spacial score (nSPS) is 21.5. The predicted molar refractivity (Wildman–Crippen MR) is 97.6 cm³/mol. The highest BCUT2D eigenvalue weighted by Gasteiger charge is 2.25. The third-order valence-electron chi connectivity index (χ3n) is 4.76. The Hall–Kier alpha value is -1.88. The molecule has 1 aliphatic rings. The number of carbonyl (C=O) groups excluding carboxylic acids is 1. The van der Waals surface area contributed by atoms with E-state index in [1.807, 2.05) is 31.2 Å². The second-order valence-electron chi connectivity index (χ2n) is 7.01. The van der Waals surface area contributed by atoms with Crippen molar-refractivity contribution in [2.24, 2.45) is 5.92 Å². The van der Waals surface area contributed by atoms with E-state index in [0.29, 0.717) is 24.4 Å². The van der Waals surface area contributed by atoms with Gasteiger partial charge in [0.05, 0.1) is 6.10 Å². The van der Waals surface area contributed by atoms with Crippen LogP contribution in [0.4, 0.5) is 5.69 Å². The van der Waals surface area contributed by atoms with Crippen molar-refractivity contribution in [3.63, 3.8) is 0 Å². The Labute approximate surface area is 149 Å². The van der Waals surface area contributed by atoms with E-state index in [4.69, 9.17) is 9.84 Å². The van der Waals surface area contributed by atoms with Crippen molar-refractivity contribution in [1.29, 1.82) is 0 Å². The van der Waals surface area contributed by atoms with E-state index in [1.54, 1.807) is 0 Å². The zero-order chi connectivity index (χ0) is 18.2. The molecule has 5 nitrogen and oxygen atoms in total. The molecule has 0 heterocycles. The topological polar surface area (TPSA) is 75.6 Å². The zero-order valence-electron chi connectivity index (χ0n) is 15.2. The van der Waals surface area contributed by atoms with Crippen LogP contribution in [0.5, 0.6) is 0 Å². The number of aliphatic carboxylic acids is 1. The van der Waals surface area contributed by atoms with Crippen LogP contribution in [0, 0.1) is 5.92 Å². The molecule has 2 N–H and O–H groups in total. The summed E-state index contributed by atoms with van der Waals surface area (Å²) in [5.41, 5.74) is 1.66. The molecule has 1 aromatic rings. The SMILES string of the molecule is CCC(OC1CCCC(C)C1)C(=O)Nc1ccc(CCC(=O)O)cc1. The summed E-state index contributed by atoms with van der Waals surface area (Å²) in [6.45, 7) is 4.20. The van der Waals surface area contributed by atoms with Crippen molar-refractivity contribution in [2.45, 2.75) is 71.0 Å². The summed E-state index contributed by atoms with van der Waals surface area (Å²) in [6.07, 6.45) is 5.47. The van der Waals surface area contributed by atoms with Crippen molar-refractivity contribution in [3.05, 3.63) is 29.8 Å². The monoisotopic (exact) mass is 347 g/mol. The summed E-state index contributed by atoms with van der Waals surface area (Å²) >= 11 is 0. The van der Waals surface area contributed by atoms with Crippen LogP contribution in [0.1, 0.15) is 57.9 Å². The highest BCUT2D eigenvalue weighted by atomic mass is 16.5. The molecule has 0 bridgehead atoms. The molecule has 0 spiro atoms. The van der Waals surface area contributed by atoms with E-state index in [-0.39, 0.29) is 18.4 Å². The Morgan fingerprint density at radius 3 is 2.60 bits per heavy atom. The minimum Gasteiger partial charge on any atom is -0.481 e. The first-order valence-electron chi connectivity index (χ1n) is 9.25. The number of anilines is 1. The lowest BCUT2D eigenvalue weighted by Gasteiger charge is -2.29. The molecule has 3 atom stereocenters. The van der Waals surface area contributed by atoms with Crippen LogP contribution in [-0.2, 0) is 20.7 Å². The number of carboxylic acid groups (broad SMARTS) is 1. The van der Waals surface area contributed by atoms with Gasteiger partial charge in [-0.15, -0.1) is 0 Å². The molecule has 2 rings (SSSR count). The van der Waals surface area contributed by atoms with Gasteiger partial charge >= 0.3 is 5.97 Å². The van der Waals surface area contributed by atoms with Gasteiger partial charge < -0.3 is 15.2 Å². The largest absolute Gasteiger partial charge is 0.481 e. The standard InChI is InChI=1S/C20H29NO4/c1-3-18(25-17-6-4-5-14(2)13-17)20(24)21-16-10-7-15(8-11-16)9-12-19(22)23/h7-8,10-11,14,17-18H,3-6,9,12-13H2,1-2H3,(H,21,24)(H,22,23). The number of hydrogen-bond acceptors (Lipinski definition) is 3. The number of ether oxygens (including phenoxy) is 1. The van der Waals surface area contributed by atoms with E-state index in [1.165, 1.54) is 12.8 Å². The quantitative estimate of drug-likeness (QED) is 0.745. The number of amides is 1. The number of rotatable bonds is 8. The molecule has 25 heavy (non-hydrogen) atoms. The van der Waals surface area contributed by atoms with Gasteiger partial charge in [0.15, 0.2) is 0 Å². The molecule has 3 unspecified atom stereocenters. The highest BCUT2D eigenvalue weighted by molar-refractivity contribution is 5.94. The van der Waals surface area contributed by atoms with Crippen LogP contribution in [0.25, 0.3) is 0 Å². The number of aryl methyl sites for hydroxylation is 1. The lowest BCUT2D eigenvalue weighted by molar-refractivity contribution is -0.137. The lowest BCUT2D eigenvalue weighted by Crippen LogP contribution is -2.35. The Morgan fingerprint density at radius 1 is 1.28 bits per heavy atom. The van der Waals surface area contributed by atoms with E-state index < -0.39 is 12.1 Å².